The van der Waals surface area contributed by atoms with Gasteiger partial charge in [-0.05, 0) is 30.8 Å². The molecular formula is C15H22Cl2N4. The molecule has 4 nitrogen and oxygen atoms in total. The molecule has 0 aromatic heterocycles. The summed E-state index contributed by atoms with van der Waals surface area (Å²) in [6, 6.07) is 5.89. The lowest BCUT2D eigenvalue weighted by molar-refractivity contribution is 0.248. The highest BCUT2D eigenvalue weighted by molar-refractivity contribution is 6.42. The van der Waals surface area contributed by atoms with Crippen LogP contribution in [0.5, 0.6) is 0 Å². The van der Waals surface area contributed by atoms with E-state index in [4.69, 9.17) is 28.9 Å². The summed E-state index contributed by atoms with van der Waals surface area (Å²) in [5.41, 5.74) is 7.15. The molecule has 0 saturated carbocycles. The summed E-state index contributed by atoms with van der Waals surface area (Å²) in [4.78, 5) is 8.91. The summed E-state index contributed by atoms with van der Waals surface area (Å²) < 4.78 is 0. The van der Waals surface area contributed by atoms with E-state index in [1.54, 1.807) is 0 Å². The van der Waals surface area contributed by atoms with E-state index in [-0.39, 0.29) is 6.04 Å². The molecule has 1 aliphatic heterocycles. The lowest BCUT2D eigenvalue weighted by Crippen LogP contribution is -2.41. The summed E-state index contributed by atoms with van der Waals surface area (Å²) >= 11 is 12.1. The molecule has 0 spiro atoms. The van der Waals surface area contributed by atoms with Gasteiger partial charge in [0, 0.05) is 13.1 Å². The van der Waals surface area contributed by atoms with Crippen molar-refractivity contribution in [2.75, 3.05) is 32.7 Å². The monoisotopic (exact) mass is 328 g/mol. The van der Waals surface area contributed by atoms with Gasteiger partial charge < -0.3 is 15.5 Å². The first-order chi connectivity index (χ1) is 10.1. The fourth-order valence-corrected chi connectivity index (χ4v) is 2.90. The molecule has 1 heterocycles. The van der Waals surface area contributed by atoms with Gasteiger partial charge in [0.25, 0.3) is 0 Å². The van der Waals surface area contributed by atoms with Crippen molar-refractivity contribution in [1.82, 2.24) is 9.80 Å². The summed E-state index contributed by atoms with van der Waals surface area (Å²) in [5, 5.41) is 1.14. The minimum atomic E-state index is 0.148. The Morgan fingerprint density at radius 1 is 1.29 bits per heavy atom. The second kappa shape index (κ2) is 7.34. The Morgan fingerprint density at radius 2 is 2.00 bits per heavy atom. The van der Waals surface area contributed by atoms with Crippen molar-refractivity contribution in [3.05, 3.63) is 33.8 Å². The van der Waals surface area contributed by atoms with Crippen LogP contribution in [0, 0.1) is 0 Å². The van der Waals surface area contributed by atoms with Crippen LogP contribution in [0.3, 0.4) is 0 Å². The number of halogens is 2. The zero-order valence-electron chi connectivity index (χ0n) is 12.5. The molecule has 0 fully saturated rings. The molecule has 0 amide bonds. The van der Waals surface area contributed by atoms with E-state index in [1.165, 1.54) is 0 Å². The van der Waals surface area contributed by atoms with E-state index in [0.717, 1.165) is 31.7 Å². The molecule has 2 N–H and O–H groups in total. The van der Waals surface area contributed by atoms with Gasteiger partial charge in [-0.3, -0.25) is 4.99 Å². The van der Waals surface area contributed by atoms with Gasteiger partial charge in [-0.2, -0.15) is 0 Å². The Kier molecular flexibility index (Phi) is 5.73. The van der Waals surface area contributed by atoms with Crippen molar-refractivity contribution >= 4 is 29.2 Å². The number of hydrogen-bond acceptors (Lipinski definition) is 4. The number of guanidine groups is 1. The number of hydrogen-bond donors (Lipinski definition) is 1. The predicted molar refractivity (Wildman–Crippen MR) is 90.2 cm³/mol. The number of nitrogens with two attached hydrogens (primary N) is 1. The minimum absolute atomic E-state index is 0.148. The van der Waals surface area contributed by atoms with E-state index >= 15 is 0 Å². The maximum absolute atomic E-state index is 6.12. The largest absolute Gasteiger partial charge is 0.370 e. The molecule has 0 radical (unpaired) electrons. The Morgan fingerprint density at radius 3 is 2.62 bits per heavy atom. The van der Waals surface area contributed by atoms with Crippen molar-refractivity contribution in [3.63, 3.8) is 0 Å². The average molecular weight is 329 g/mol. The Labute approximate surface area is 136 Å². The number of likely N-dealkylation sites (N-methyl/N-ethyl adjacent to an activating group) is 1. The quantitative estimate of drug-likeness (QED) is 0.873. The summed E-state index contributed by atoms with van der Waals surface area (Å²) in [5.74, 6) is 0.609. The second-order valence-corrected chi connectivity index (χ2v) is 5.92. The SMILES string of the molecule is CCN(CC)CCN1C(N)=NCC1c1ccc(Cl)c(Cl)c1. The minimum Gasteiger partial charge on any atom is -0.370 e. The Hall–Kier alpha value is -0.970. The third kappa shape index (κ3) is 3.82. The first-order valence-electron chi connectivity index (χ1n) is 7.30. The predicted octanol–water partition coefficient (Wildman–Crippen LogP) is 3.01. The van der Waals surface area contributed by atoms with Crippen molar-refractivity contribution in [3.8, 4) is 0 Å². The van der Waals surface area contributed by atoms with Crippen molar-refractivity contribution < 1.29 is 0 Å². The van der Waals surface area contributed by atoms with E-state index in [1.807, 2.05) is 18.2 Å². The maximum atomic E-state index is 6.12. The van der Waals surface area contributed by atoms with Crippen LogP contribution in [0.1, 0.15) is 25.5 Å². The maximum Gasteiger partial charge on any atom is 0.191 e. The van der Waals surface area contributed by atoms with Gasteiger partial charge in [-0.25, -0.2) is 0 Å². The van der Waals surface area contributed by atoms with Crippen LogP contribution in [0.4, 0.5) is 0 Å². The van der Waals surface area contributed by atoms with Crippen molar-refractivity contribution in [2.45, 2.75) is 19.9 Å². The molecule has 0 bridgehead atoms. The first-order valence-corrected chi connectivity index (χ1v) is 8.06. The number of aliphatic imine (C=N–C) groups is 1. The highest BCUT2D eigenvalue weighted by Gasteiger charge is 2.27. The fourth-order valence-electron chi connectivity index (χ4n) is 2.59. The summed E-state index contributed by atoms with van der Waals surface area (Å²) in [6.07, 6.45) is 0. The van der Waals surface area contributed by atoms with E-state index in [2.05, 4.69) is 28.6 Å². The van der Waals surface area contributed by atoms with E-state index < -0.39 is 0 Å². The molecule has 6 heteroatoms. The molecule has 1 aromatic carbocycles. The molecular weight excluding hydrogens is 307 g/mol. The van der Waals surface area contributed by atoms with Crippen molar-refractivity contribution in [1.29, 1.82) is 0 Å². The standard InChI is InChI=1S/C15H22Cl2N4/c1-3-20(4-2)7-8-21-14(10-19-15(21)18)11-5-6-12(16)13(17)9-11/h5-6,9,14H,3-4,7-8,10H2,1-2H3,(H2,18,19). The zero-order chi connectivity index (χ0) is 15.4. The molecule has 1 aliphatic rings. The lowest BCUT2D eigenvalue weighted by atomic mass is 10.1. The topological polar surface area (TPSA) is 44.9 Å². The van der Waals surface area contributed by atoms with Gasteiger partial charge in [0.05, 0.1) is 22.6 Å². The Balaban J connectivity index is 2.10. The third-order valence-electron chi connectivity index (χ3n) is 3.98. The third-order valence-corrected chi connectivity index (χ3v) is 4.72. The molecule has 0 saturated heterocycles. The second-order valence-electron chi connectivity index (χ2n) is 5.11. The molecule has 1 unspecified atom stereocenters. The molecule has 2 rings (SSSR count). The molecule has 0 aliphatic carbocycles. The number of benzene rings is 1. The van der Waals surface area contributed by atoms with Gasteiger partial charge in [0.1, 0.15) is 0 Å². The van der Waals surface area contributed by atoms with Gasteiger partial charge in [-0.1, -0.05) is 43.1 Å². The highest BCUT2D eigenvalue weighted by Crippen LogP contribution is 2.30. The smallest absolute Gasteiger partial charge is 0.191 e. The van der Waals surface area contributed by atoms with Crippen LogP contribution < -0.4 is 5.73 Å². The van der Waals surface area contributed by atoms with Gasteiger partial charge in [-0.15, -0.1) is 0 Å². The molecule has 1 atom stereocenters. The van der Waals surface area contributed by atoms with E-state index in [0.29, 0.717) is 22.5 Å². The fraction of sp³-hybridized carbons (Fsp3) is 0.533. The molecule has 1 aromatic rings. The van der Waals surface area contributed by atoms with Crippen LogP contribution in [-0.2, 0) is 0 Å². The van der Waals surface area contributed by atoms with Crippen molar-refractivity contribution in [2.24, 2.45) is 10.7 Å². The Bertz CT molecular complexity index is 514. The van der Waals surface area contributed by atoms with Gasteiger partial charge >= 0.3 is 0 Å². The van der Waals surface area contributed by atoms with Crippen LogP contribution in [0.15, 0.2) is 23.2 Å². The zero-order valence-corrected chi connectivity index (χ0v) is 14.0. The number of nitrogens with zero attached hydrogens (tertiary/aromatic N) is 3. The normalized spacial score (nSPS) is 18.4. The van der Waals surface area contributed by atoms with Crippen LogP contribution in [0.2, 0.25) is 10.0 Å². The lowest BCUT2D eigenvalue weighted by Gasteiger charge is -2.29. The van der Waals surface area contributed by atoms with E-state index in [9.17, 15) is 0 Å². The summed E-state index contributed by atoms with van der Waals surface area (Å²) in [7, 11) is 0. The average Bonchev–Trinajstić information content (AvgIpc) is 2.84. The highest BCUT2D eigenvalue weighted by atomic mass is 35.5. The van der Waals surface area contributed by atoms with Gasteiger partial charge in [0.15, 0.2) is 5.96 Å². The molecule has 21 heavy (non-hydrogen) atoms. The molecule has 116 valence electrons. The van der Waals surface area contributed by atoms with Crippen LogP contribution in [-0.4, -0.2) is 48.5 Å². The van der Waals surface area contributed by atoms with Crippen LogP contribution >= 0.6 is 23.2 Å². The van der Waals surface area contributed by atoms with Crippen LogP contribution in [0.25, 0.3) is 0 Å². The first kappa shape index (κ1) is 16.4. The summed E-state index contributed by atoms with van der Waals surface area (Å²) in [6.45, 7) is 8.92. The number of rotatable bonds is 6. The van der Waals surface area contributed by atoms with Gasteiger partial charge in [0.2, 0.25) is 0 Å².